The van der Waals surface area contributed by atoms with Crippen molar-refractivity contribution in [2.45, 2.75) is 20.3 Å². The Morgan fingerprint density at radius 2 is 1.88 bits per heavy atom. The van der Waals surface area contributed by atoms with Crippen molar-refractivity contribution in [2.75, 3.05) is 6.54 Å². The quantitative estimate of drug-likeness (QED) is 0.813. The van der Waals surface area contributed by atoms with E-state index in [0.717, 1.165) is 0 Å². The van der Waals surface area contributed by atoms with Gasteiger partial charge in [0.15, 0.2) is 0 Å². The summed E-state index contributed by atoms with van der Waals surface area (Å²) in [6, 6.07) is 4.76. The Morgan fingerprint density at radius 1 is 1.25 bits per heavy atom. The van der Waals surface area contributed by atoms with Gasteiger partial charge in [-0.05, 0) is 31.0 Å². The number of carbonyl (C=O) groups is 2. The second-order valence-electron chi connectivity index (χ2n) is 3.35. The number of carboxylic acid groups (broad SMARTS) is 1. The number of nitrogens with one attached hydrogen (secondary N) is 1. The summed E-state index contributed by atoms with van der Waals surface area (Å²) in [6.07, 6.45) is 0.523. The van der Waals surface area contributed by atoms with Gasteiger partial charge in [-0.3, -0.25) is 4.79 Å². The highest BCUT2D eigenvalue weighted by Gasteiger charge is 2.16. The van der Waals surface area contributed by atoms with Gasteiger partial charge in [-0.1, -0.05) is 13.0 Å². The molecule has 0 aromatic heterocycles. The van der Waals surface area contributed by atoms with Gasteiger partial charge < -0.3 is 10.4 Å². The molecule has 0 atom stereocenters. The lowest BCUT2D eigenvalue weighted by molar-refractivity contribution is 0.0695. The summed E-state index contributed by atoms with van der Waals surface area (Å²) in [5.74, 6) is -1.22. The molecule has 16 heavy (non-hydrogen) atoms. The molecular formula is C12H15NO3. The minimum Gasteiger partial charge on any atom is -0.478 e. The van der Waals surface area contributed by atoms with Crippen molar-refractivity contribution in [3.8, 4) is 0 Å². The van der Waals surface area contributed by atoms with Gasteiger partial charge in [0.25, 0.3) is 5.91 Å². The van der Waals surface area contributed by atoms with Crippen LogP contribution in [-0.2, 0) is 6.42 Å². The standard InChI is InChI=1S/C12H15NO3/c1-3-8-9(11(14)13-4-2)6-5-7-10(8)12(15)16/h5-7H,3-4H2,1-2H3,(H,13,14)(H,15,16). The summed E-state index contributed by atoms with van der Waals surface area (Å²) in [6.45, 7) is 4.19. The van der Waals surface area contributed by atoms with Crippen molar-refractivity contribution < 1.29 is 14.7 Å². The summed E-state index contributed by atoms with van der Waals surface area (Å²) >= 11 is 0. The molecule has 0 saturated heterocycles. The van der Waals surface area contributed by atoms with E-state index in [1.165, 1.54) is 6.07 Å². The highest BCUT2D eigenvalue weighted by Crippen LogP contribution is 2.16. The maximum absolute atomic E-state index is 11.7. The number of carboxylic acids is 1. The lowest BCUT2D eigenvalue weighted by Crippen LogP contribution is -2.24. The van der Waals surface area contributed by atoms with Gasteiger partial charge in [0.05, 0.1) is 5.56 Å². The summed E-state index contributed by atoms with van der Waals surface area (Å²) in [5, 5.41) is 11.7. The van der Waals surface area contributed by atoms with E-state index in [-0.39, 0.29) is 11.5 Å². The molecule has 0 aliphatic carbocycles. The minimum atomic E-state index is -0.997. The first-order valence-corrected chi connectivity index (χ1v) is 5.25. The molecule has 0 aliphatic heterocycles. The summed E-state index contributed by atoms with van der Waals surface area (Å²) < 4.78 is 0. The van der Waals surface area contributed by atoms with Gasteiger partial charge in [0.2, 0.25) is 0 Å². The Balaban J connectivity index is 3.24. The van der Waals surface area contributed by atoms with Crippen molar-refractivity contribution in [3.63, 3.8) is 0 Å². The van der Waals surface area contributed by atoms with E-state index < -0.39 is 5.97 Å². The molecule has 86 valence electrons. The average Bonchev–Trinajstić information content (AvgIpc) is 2.28. The fourth-order valence-electron chi connectivity index (χ4n) is 1.64. The molecule has 0 saturated carbocycles. The van der Waals surface area contributed by atoms with E-state index in [1.807, 2.05) is 13.8 Å². The van der Waals surface area contributed by atoms with Crippen LogP contribution in [0.4, 0.5) is 0 Å². The van der Waals surface area contributed by atoms with Crippen LogP contribution >= 0.6 is 0 Å². The fraction of sp³-hybridized carbons (Fsp3) is 0.333. The second-order valence-corrected chi connectivity index (χ2v) is 3.35. The molecule has 4 heteroatoms. The molecule has 0 bridgehead atoms. The summed E-state index contributed by atoms with van der Waals surface area (Å²) in [7, 11) is 0. The normalized spacial score (nSPS) is 9.88. The zero-order chi connectivity index (χ0) is 12.1. The van der Waals surface area contributed by atoms with Crippen molar-refractivity contribution in [1.29, 1.82) is 0 Å². The molecule has 0 radical (unpaired) electrons. The lowest BCUT2D eigenvalue weighted by Gasteiger charge is -2.10. The van der Waals surface area contributed by atoms with Crippen LogP contribution in [0.3, 0.4) is 0 Å². The number of hydrogen-bond acceptors (Lipinski definition) is 2. The third-order valence-corrected chi connectivity index (χ3v) is 2.34. The predicted octanol–water partition coefficient (Wildman–Crippen LogP) is 1.70. The Morgan fingerprint density at radius 3 is 2.38 bits per heavy atom. The Bertz CT molecular complexity index is 413. The molecule has 1 amide bonds. The van der Waals surface area contributed by atoms with E-state index in [2.05, 4.69) is 5.32 Å². The van der Waals surface area contributed by atoms with Gasteiger partial charge in [-0.25, -0.2) is 4.79 Å². The second kappa shape index (κ2) is 5.30. The zero-order valence-corrected chi connectivity index (χ0v) is 9.41. The maximum Gasteiger partial charge on any atom is 0.335 e. The van der Waals surface area contributed by atoms with E-state index in [9.17, 15) is 9.59 Å². The first-order chi connectivity index (χ1) is 7.61. The fourth-order valence-corrected chi connectivity index (χ4v) is 1.64. The molecule has 1 rings (SSSR count). The average molecular weight is 221 g/mol. The zero-order valence-electron chi connectivity index (χ0n) is 9.41. The first kappa shape index (κ1) is 12.2. The smallest absolute Gasteiger partial charge is 0.335 e. The molecule has 0 unspecified atom stereocenters. The van der Waals surface area contributed by atoms with Crippen LogP contribution in [0.25, 0.3) is 0 Å². The molecule has 0 fully saturated rings. The molecule has 1 aromatic carbocycles. The number of amides is 1. The van der Waals surface area contributed by atoms with Crippen LogP contribution in [-0.4, -0.2) is 23.5 Å². The van der Waals surface area contributed by atoms with Crippen LogP contribution in [0.1, 0.15) is 40.1 Å². The lowest BCUT2D eigenvalue weighted by atomic mass is 9.98. The van der Waals surface area contributed by atoms with Crippen LogP contribution in [0, 0.1) is 0 Å². The third kappa shape index (κ3) is 2.39. The Labute approximate surface area is 94.3 Å². The van der Waals surface area contributed by atoms with E-state index in [4.69, 9.17) is 5.11 Å². The predicted molar refractivity (Wildman–Crippen MR) is 60.8 cm³/mol. The number of carbonyl (C=O) groups excluding carboxylic acids is 1. The Hall–Kier alpha value is -1.84. The molecule has 0 aliphatic rings. The van der Waals surface area contributed by atoms with Crippen molar-refractivity contribution in [2.24, 2.45) is 0 Å². The molecule has 1 aromatic rings. The van der Waals surface area contributed by atoms with Gasteiger partial charge >= 0.3 is 5.97 Å². The van der Waals surface area contributed by atoms with Crippen molar-refractivity contribution >= 4 is 11.9 Å². The van der Waals surface area contributed by atoms with Gasteiger partial charge in [0, 0.05) is 12.1 Å². The monoisotopic (exact) mass is 221 g/mol. The molecule has 4 nitrogen and oxygen atoms in total. The molecule has 2 N–H and O–H groups in total. The van der Waals surface area contributed by atoms with E-state index in [1.54, 1.807) is 12.1 Å². The SMILES string of the molecule is CCNC(=O)c1cccc(C(=O)O)c1CC. The number of aromatic carboxylic acids is 1. The van der Waals surface area contributed by atoms with E-state index >= 15 is 0 Å². The highest BCUT2D eigenvalue weighted by molar-refractivity contribution is 5.99. The largest absolute Gasteiger partial charge is 0.478 e. The number of benzene rings is 1. The number of hydrogen-bond donors (Lipinski definition) is 2. The number of rotatable bonds is 4. The van der Waals surface area contributed by atoms with Crippen molar-refractivity contribution in [3.05, 3.63) is 34.9 Å². The van der Waals surface area contributed by atoms with Gasteiger partial charge in [0.1, 0.15) is 0 Å². The minimum absolute atomic E-state index is 0.200. The molecular weight excluding hydrogens is 206 g/mol. The summed E-state index contributed by atoms with van der Waals surface area (Å²) in [5.41, 5.74) is 1.23. The highest BCUT2D eigenvalue weighted by atomic mass is 16.4. The molecule has 0 spiro atoms. The Kier molecular flexibility index (Phi) is 4.05. The van der Waals surface area contributed by atoms with Crippen molar-refractivity contribution in [1.82, 2.24) is 5.32 Å². The summed E-state index contributed by atoms with van der Waals surface area (Å²) in [4.78, 5) is 22.7. The van der Waals surface area contributed by atoms with Crippen LogP contribution in [0.15, 0.2) is 18.2 Å². The first-order valence-electron chi connectivity index (χ1n) is 5.25. The van der Waals surface area contributed by atoms with Crippen LogP contribution in [0.5, 0.6) is 0 Å². The third-order valence-electron chi connectivity index (χ3n) is 2.34. The van der Waals surface area contributed by atoms with Gasteiger partial charge in [-0.15, -0.1) is 0 Å². The van der Waals surface area contributed by atoms with E-state index in [0.29, 0.717) is 24.1 Å². The van der Waals surface area contributed by atoms with Gasteiger partial charge in [-0.2, -0.15) is 0 Å². The maximum atomic E-state index is 11.7. The van der Waals surface area contributed by atoms with Crippen LogP contribution in [0.2, 0.25) is 0 Å². The topological polar surface area (TPSA) is 66.4 Å². The molecule has 0 heterocycles. The van der Waals surface area contributed by atoms with Crippen LogP contribution < -0.4 is 5.32 Å².